The van der Waals surface area contributed by atoms with Gasteiger partial charge in [-0.05, 0) is 60.0 Å². The smallest absolute Gasteiger partial charge is 0.201 e. The van der Waals surface area contributed by atoms with Crippen LogP contribution in [0.25, 0.3) is 16.7 Å². The number of hydrogen-bond donors (Lipinski definition) is 1. The van der Waals surface area contributed by atoms with Gasteiger partial charge in [-0.2, -0.15) is 5.21 Å². The second-order valence-electron chi connectivity index (χ2n) is 10.2. The van der Waals surface area contributed by atoms with Gasteiger partial charge in [0.1, 0.15) is 17.1 Å². The van der Waals surface area contributed by atoms with E-state index in [-0.39, 0.29) is 17.6 Å². The number of tetrazole rings is 1. The Labute approximate surface area is 231 Å². The number of nitrogens with one attached hydrogen (secondary N) is 1. The zero-order valence-corrected chi connectivity index (χ0v) is 22.9. The molecule has 202 valence electrons. The average Bonchev–Trinajstić information content (AvgIpc) is 3.60. The quantitative estimate of drug-likeness (QED) is 0.271. The van der Waals surface area contributed by atoms with Crippen LogP contribution in [0.1, 0.15) is 53.8 Å². The molecule has 3 heterocycles. The van der Waals surface area contributed by atoms with Crippen LogP contribution in [0.5, 0.6) is 5.75 Å². The highest BCUT2D eigenvalue weighted by Gasteiger charge is 2.33. The summed E-state index contributed by atoms with van der Waals surface area (Å²) in [5.41, 5.74) is 7.13. The molecule has 0 aliphatic heterocycles. The molecule has 0 saturated carbocycles. The number of pyridine rings is 1. The van der Waals surface area contributed by atoms with Crippen LogP contribution in [-0.2, 0) is 13.0 Å². The lowest BCUT2D eigenvalue weighted by atomic mass is 9.77. The first kappa shape index (κ1) is 25.6. The fourth-order valence-corrected chi connectivity index (χ4v) is 5.51. The first-order chi connectivity index (χ1) is 19.4. The van der Waals surface area contributed by atoms with Crippen LogP contribution < -0.4 is 4.74 Å². The molecule has 0 radical (unpaired) electrons. The van der Waals surface area contributed by atoms with Gasteiger partial charge in [0.15, 0.2) is 17.2 Å². The highest BCUT2D eigenvalue weighted by Crippen LogP contribution is 2.43. The van der Waals surface area contributed by atoms with Crippen molar-refractivity contribution in [1.82, 2.24) is 35.2 Å². The van der Waals surface area contributed by atoms with Gasteiger partial charge in [0.25, 0.3) is 0 Å². The van der Waals surface area contributed by atoms with E-state index in [1.54, 1.807) is 18.2 Å². The maximum absolute atomic E-state index is 14.4. The Balaban J connectivity index is 1.33. The van der Waals surface area contributed by atoms with E-state index in [2.05, 4.69) is 76.3 Å². The number of aryl methyl sites for hydroxylation is 3. The fraction of sp³-hybridized carbons (Fsp3) is 0.258. The van der Waals surface area contributed by atoms with Gasteiger partial charge in [-0.3, -0.25) is 0 Å². The molecule has 2 atom stereocenters. The number of benzene rings is 2. The molecule has 1 N–H and O–H groups in total. The molecule has 2 aromatic carbocycles. The van der Waals surface area contributed by atoms with Gasteiger partial charge in [0.2, 0.25) is 5.82 Å². The first-order valence-corrected chi connectivity index (χ1v) is 13.4. The number of nitrogens with zero attached hydrogens (tertiary/aromatic N) is 6. The van der Waals surface area contributed by atoms with Crippen molar-refractivity contribution in [3.8, 4) is 5.75 Å². The number of rotatable bonds is 7. The number of aromatic amines is 1. The molecule has 0 spiro atoms. The van der Waals surface area contributed by atoms with Gasteiger partial charge in [-0.15, -0.1) is 10.2 Å². The summed E-state index contributed by atoms with van der Waals surface area (Å²) in [4.78, 5) is 9.69. The number of aromatic nitrogens is 7. The Hall–Kier alpha value is -4.66. The van der Waals surface area contributed by atoms with Crippen LogP contribution in [0.15, 0.2) is 72.5 Å². The lowest BCUT2D eigenvalue weighted by Crippen LogP contribution is -2.21. The topological polar surface area (TPSA) is 94.4 Å². The summed E-state index contributed by atoms with van der Waals surface area (Å²) < 4.78 is 22.6. The molecule has 6 rings (SSSR count). The van der Waals surface area contributed by atoms with Crippen molar-refractivity contribution in [3.05, 3.63) is 112 Å². The first-order valence-electron chi connectivity index (χ1n) is 13.4. The van der Waals surface area contributed by atoms with E-state index in [9.17, 15) is 4.39 Å². The predicted molar refractivity (Wildman–Crippen MR) is 151 cm³/mol. The second-order valence-corrected chi connectivity index (χ2v) is 10.2. The Morgan fingerprint density at radius 2 is 1.82 bits per heavy atom. The van der Waals surface area contributed by atoms with E-state index >= 15 is 0 Å². The van der Waals surface area contributed by atoms with Crippen molar-refractivity contribution in [2.24, 2.45) is 5.92 Å². The molecular weight excluding hydrogens is 505 g/mol. The summed E-state index contributed by atoms with van der Waals surface area (Å²) >= 11 is 0. The number of imidazole rings is 1. The number of H-pyrrole nitrogens is 1. The lowest BCUT2D eigenvalue weighted by Gasteiger charge is -2.30. The molecule has 8 nitrogen and oxygen atoms in total. The van der Waals surface area contributed by atoms with Crippen LogP contribution in [0.2, 0.25) is 0 Å². The molecule has 1 aliphatic carbocycles. The molecule has 40 heavy (non-hydrogen) atoms. The largest absolute Gasteiger partial charge is 0.458 e. The number of para-hydroxylation sites is 1. The average molecular weight is 536 g/mol. The van der Waals surface area contributed by atoms with Crippen LogP contribution in [0.3, 0.4) is 0 Å². The Morgan fingerprint density at radius 1 is 1.02 bits per heavy atom. The molecule has 0 fully saturated rings. The summed E-state index contributed by atoms with van der Waals surface area (Å²) in [6.45, 7) is 8.96. The molecule has 0 bridgehead atoms. The standard InChI is InChI=1S/C31H30FN7O/c1-5-27-34-29-18(2)16-19(3)33-31(29)39(27)17-21-10-12-22(13-11-21)28-20(4)25(40-26-9-7-6-8-24(26)32)15-14-23(28)30-35-37-38-36-30/h6-16,20,28H,5,17H2,1-4H3,(H,35,36,37,38). The van der Waals surface area contributed by atoms with E-state index in [1.165, 1.54) is 6.07 Å². The monoisotopic (exact) mass is 535 g/mol. The Morgan fingerprint density at radius 3 is 2.55 bits per heavy atom. The third-order valence-electron chi connectivity index (χ3n) is 7.48. The van der Waals surface area contributed by atoms with Crippen LogP contribution in [0.4, 0.5) is 4.39 Å². The van der Waals surface area contributed by atoms with Crippen LogP contribution >= 0.6 is 0 Å². The maximum atomic E-state index is 14.4. The summed E-state index contributed by atoms with van der Waals surface area (Å²) in [6, 6.07) is 17.0. The van der Waals surface area contributed by atoms with Crippen LogP contribution in [-0.4, -0.2) is 35.2 Å². The SMILES string of the molecule is CCc1nc2c(C)cc(C)nc2n1Cc1ccc(C2C(c3nn[nH]n3)=CC=C(Oc3ccccc3F)C2C)cc1. The van der Waals surface area contributed by atoms with Gasteiger partial charge in [-0.1, -0.05) is 56.3 Å². The molecule has 0 amide bonds. The predicted octanol–water partition coefficient (Wildman–Crippen LogP) is 6.09. The zero-order valence-electron chi connectivity index (χ0n) is 22.9. The van der Waals surface area contributed by atoms with Crippen molar-refractivity contribution in [1.29, 1.82) is 0 Å². The van der Waals surface area contributed by atoms with Gasteiger partial charge < -0.3 is 9.30 Å². The minimum absolute atomic E-state index is 0.108. The maximum Gasteiger partial charge on any atom is 0.201 e. The molecule has 3 aromatic heterocycles. The van der Waals surface area contributed by atoms with Gasteiger partial charge in [-0.25, -0.2) is 14.4 Å². The lowest BCUT2D eigenvalue weighted by molar-refractivity contribution is 0.328. The number of ether oxygens (including phenoxy) is 1. The normalized spacial score (nSPS) is 17.1. The van der Waals surface area contributed by atoms with E-state index < -0.39 is 5.82 Å². The van der Waals surface area contributed by atoms with Crippen molar-refractivity contribution in [2.45, 2.75) is 46.6 Å². The summed E-state index contributed by atoms with van der Waals surface area (Å²) in [5, 5.41) is 14.8. The van der Waals surface area contributed by atoms with Crippen molar-refractivity contribution in [2.75, 3.05) is 0 Å². The van der Waals surface area contributed by atoms with Gasteiger partial charge >= 0.3 is 0 Å². The zero-order chi connectivity index (χ0) is 27.8. The fourth-order valence-electron chi connectivity index (χ4n) is 5.51. The molecule has 1 aliphatic rings. The van der Waals surface area contributed by atoms with E-state index in [0.29, 0.717) is 18.1 Å². The third-order valence-corrected chi connectivity index (χ3v) is 7.48. The van der Waals surface area contributed by atoms with E-state index in [1.807, 2.05) is 19.1 Å². The second kappa shape index (κ2) is 10.5. The number of fused-ring (bicyclic) bond motifs is 1. The number of halogens is 1. The Bertz CT molecular complexity index is 1740. The Kier molecular flexibility index (Phi) is 6.71. The summed E-state index contributed by atoms with van der Waals surface area (Å²) in [7, 11) is 0. The number of allylic oxidation sites excluding steroid dienone is 4. The highest BCUT2D eigenvalue weighted by atomic mass is 19.1. The number of hydrogen-bond acceptors (Lipinski definition) is 6. The highest BCUT2D eigenvalue weighted by molar-refractivity contribution is 5.76. The van der Waals surface area contributed by atoms with Crippen molar-refractivity contribution < 1.29 is 9.13 Å². The summed E-state index contributed by atoms with van der Waals surface area (Å²) in [5.74, 6) is 1.78. The van der Waals surface area contributed by atoms with E-state index in [4.69, 9.17) is 14.7 Å². The van der Waals surface area contributed by atoms with E-state index in [0.717, 1.165) is 51.4 Å². The molecule has 0 saturated heterocycles. The minimum Gasteiger partial charge on any atom is -0.458 e. The van der Waals surface area contributed by atoms with Crippen LogP contribution in [0, 0.1) is 25.6 Å². The molecular formula is C31H30FN7O. The summed E-state index contributed by atoms with van der Waals surface area (Å²) in [6.07, 6.45) is 4.62. The van der Waals surface area contributed by atoms with Gasteiger partial charge in [0, 0.05) is 29.5 Å². The molecule has 9 heteroatoms. The van der Waals surface area contributed by atoms with Crippen molar-refractivity contribution in [3.63, 3.8) is 0 Å². The molecule has 2 unspecified atom stereocenters. The third kappa shape index (κ3) is 4.68. The minimum atomic E-state index is -0.400. The van der Waals surface area contributed by atoms with Gasteiger partial charge in [0.05, 0.1) is 6.54 Å². The molecule has 5 aromatic rings. The van der Waals surface area contributed by atoms with Crippen molar-refractivity contribution >= 4 is 16.7 Å².